The first-order chi connectivity index (χ1) is 8.72. The lowest BCUT2D eigenvalue weighted by Crippen LogP contribution is -2.29. The Morgan fingerprint density at radius 3 is 2.94 bits per heavy atom. The second kappa shape index (κ2) is 5.90. The molecule has 0 aromatic carbocycles. The number of nitrogens with zero attached hydrogens (tertiary/aromatic N) is 2. The van der Waals surface area contributed by atoms with Crippen LogP contribution in [-0.4, -0.2) is 41.9 Å². The molecule has 0 radical (unpaired) electrons. The van der Waals surface area contributed by atoms with Crippen molar-refractivity contribution in [3.63, 3.8) is 0 Å². The van der Waals surface area contributed by atoms with Crippen molar-refractivity contribution in [3.8, 4) is 5.75 Å². The third-order valence-corrected chi connectivity index (χ3v) is 3.76. The van der Waals surface area contributed by atoms with Gasteiger partial charge in [0.2, 0.25) is 5.91 Å². The number of methoxy groups -OCH3 is 1. The average Bonchev–Trinajstić information content (AvgIpc) is 2.99. The Hall–Kier alpha value is -1.50. The summed E-state index contributed by atoms with van der Waals surface area (Å²) in [4.78, 5) is 13.7. The Morgan fingerprint density at radius 1 is 1.56 bits per heavy atom. The van der Waals surface area contributed by atoms with E-state index in [4.69, 9.17) is 10.5 Å². The minimum atomic E-state index is 0.205. The molecule has 0 bridgehead atoms. The second-order valence-corrected chi connectivity index (χ2v) is 4.97. The van der Waals surface area contributed by atoms with Gasteiger partial charge >= 0.3 is 0 Å². The number of amides is 1. The van der Waals surface area contributed by atoms with Crippen molar-refractivity contribution in [1.29, 1.82) is 0 Å². The number of likely N-dealkylation sites (tertiary alicyclic amines) is 1. The molecule has 1 saturated heterocycles. The van der Waals surface area contributed by atoms with Gasteiger partial charge in [0, 0.05) is 26.1 Å². The number of rotatable bonds is 5. The van der Waals surface area contributed by atoms with E-state index in [0.717, 1.165) is 30.9 Å². The Labute approximate surface area is 110 Å². The van der Waals surface area contributed by atoms with Crippen LogP contribution in [0.1, 0.15) is 19.3 Å². The van der Waals surface area contributed by atoms with Crippen molar-refractivity contribution >= 4 is 28.3 Å². The van der Waals surface area contributed by atoms with Crippen LogP contribution in [0.4, 0.5) is 10.8 Å². The van der Waals surface area contributed by atoms with E-state index in [1.54, 1.807) is 7.11 Å². The first-order valence-corrected chi connectivity index (χ1v) is 6.80. The molecule has 6 nitrogen and oxygen atoms in total. The minimum Gasteiger partial charge on any atom is -0.490 e. The maximum absolute atomic E-state index is 11.8. The Morgan fingerprint density at radius 2 is 2.28 bits per heavy atom. The number of hydrogen-bond donors (Lipinski definition) is 2. The molecule has 0 spiro atoms. The van der Waals surface area contributed by atoms with Crippen molar-refractivity contribution in [2.45, 2.75) is 19.3 Å². The van der Waals surface area contributed by atoms with Gasteiger partial charge in [-0.2, -0.15) is 4.37 Å². The van der Waals surface area contributed by atoms with Crippen molar-refractivity contribution in [3.05, 3.63) is 0 Å². The van der Waals surface area contributed by atoms with Gasteiger partial charge in [-0.1, -0.05) is 0 Å². The highest BCUT2D eigenvalue weighted by atomic mass is 32.1. The molecule has 0 saturated carbocycles. The predicted octanol–water partition coefficient (Wildman–Crippen LogP) is 1.16. The lowest BCUT2D eigenvalue weighted by Gasteiger charge is -2.15. The molecule has 1 amide bonds. The van der Waals surface area contributed by atoms with Crippen LogP contribution in [0.15, 0.2) is 0 Å². The lowest BCUT2D eigenvalue weighted by molar-refractivity contribution is -0.129. The number of aromatic nitrogens is 1. The summed E-state index contributed by atoms with van der Waals surface area (Å²) >= 11 is 1.25. The van der Waals surface area contributed by atoms with Gasteiger partial charge in [0.15, 0.2) is 16.6 Å². The first-order valence-electron chi connectivity index (χ1n) is 6.03. The van der Waals surface area contributed by atoms with Crippen molar-refractivity contribution in [1.82, 2.24) is 9.27 Å². The molecular formula is C11H18N4O2S. The molecule has 1 aromatic rings. The number of hydrogen-bond acceptors (Lipinski definition) is 6. The SMILES string of the molecule is COc1c(N)nsc1NCCC(=O)N1CCCC1. The largest absolute Gasteiger partial charge is 0.490 e. The Kier molecular flexibility index (Phi) is 4.24. The normalized spacial score (nSPS) is 14.8. The minimum absolute atomic E-state index is 0.205. The molecule has 0 aliphatic carbocycles. The van der Waals surface area contributed by atoms with E-state index < -0.39 is 0 Å². The topological polar surface area (TPSA) is 80.5 Å². The van der Waals surface area contributed by atoms with E-state index in [0.29, 0.717) is 24.5 Å². The average molecular weight is 270 g/mol. The third kappa shape index (κ3) is 2.84. The third-order valence-electron chi connectivity index (χ3n) is 2.96. The van der Waals surface area contributed by atoms with E-state index in [9.17, 15) is 4.79 Å². The highest BCUT2D eigenvalue weighted by Gasteiger charge is 2.18. The Balaban J connectivity index is 1.79. The van der Waals surface area contributed by atoms with Crippen molar-refractivity contribution in [2.75, 3.05) is 37.8 Å². The van der Waals surface area contributed by atoms with Gasteiger partial charge in [0.1, 0.15) is 0 Å². The predicted molar refractivity (Wildman–Crippen MR) is 72.0 cm³/mol. The number of nitrogen functional groups attached to an aromatic ring is 1. The van der Waals surface area contributed by atoms with Crippen LogP contribution in [0.5, 0.6) is 5.75 Å². The molecule has 18 heavy (non-hydrogen) atoms. The quantitative estimate of drug-likeness (QED) is 0.839. The van der Waals surface area contributed by atoms with E-state index in [1.807, 2.05) is 4.90 Å². The van der Waals surface area contributed by atoms with Gasteiger partial charge in [-0.05, 0) is 24.4 Å². The van der Waals surface area contributed by atoms with Crippen LogP contribution in [-0.2, 0) is 4.79 Å². The summed E-state index contributed by atoms with van der Waals surface area (Å²) in [6, 6.07) is 0. The fourth-order valence-corrected chi connectivity index (χ4v) is 2.72. The number of carbonyl (C=O) groups excluding carboxylic acids is 1. The summed E-state index contributed by atoms with van der Waals surface area (Å²) in [6.45, 7) is 2.37. The fourth-order valence-electron chi connectivity index (χ4n) is 2.01. The Bertz CT molecular complexity index is 415. The summed E-state index contributed by atoms with van der Waals surface area (Å²) in [5.41, 5.74) is 5.64. The zero-order chi connectivity index (χ0) is 13.0. The summed E-state index contributed by atoms with van der Waals surface area (Å²) in [7, 11) is 1.56. The zero-order valence-electron chi connectivity index (χ0n) is 10.4. The number of nitrogens with one attached hydrogen (secondary N) is 1. The summed E-state index contributed by atoms with van der Waals surface area (Å²) < 4.78 is 9.14. The maximum atomic E-state index is 11.8. The summed E-state index contributed by atoms with van der Waals surface area (Å²) in [5, 5.41) is 3.92. The standard InChI is InChI=1S/C11H18N4O2S/c1-17-9-10(12)14-18-11(9)13-5-4-8(16)15-6-2-3-7-15/h13H,2-7H2,1H3,(H2,12,14). The number of carbonyl (C=O) groups is 1. The second-order valence-electron chi connectivity index (χ2n) is 4.19. The molecule has 1 aromatic heterocycles. The molecule has 1 fully saturated rings. The molecule has 1 aliphatic rings. The maximum Gasteiger partial charge on any atom is 0.224 e. The van der Waals surface area contributed by atoms with Gasteiger partial charge in [0.05, 0.1) is 7.11 Å². The first kappa shape index (κ1) is 12.9. The van der Waals surface area contributed by atoms with Gasteiger partial charge in [0.25, 0.3) is 0 Å². The summed E-state index contributed by atoms with van der Waals surface area (Å²) in [6.07, 6.45) is 2.73. The summed E-state index contributed by atoms with van der Waals surface area (Å²) in [5.74, 6) is 1.15. The monoisotopic (exact) mass is 270 g/mol. The van der Waals surface area contributed by atoms with Crippen molar-refractivity contribution < 1.29 is 9.53 Å². The molecular weight excluding hydrogens is 252 g/mol. The van der Waals surface area contributed by atoms with E-state index in [-0.39, 0.29) is 5.91 Å². The van der Waals surface area contributed by atoms with E-state index in [1.165, 1.54) is 11.5 Å². The molecule has 2 heterocycles. The van der Waals surface area contributed by atoms with Crippen LogP contribution in [0.25, 0.3) is 0 Å². The number of nitrogens with two attached hydrogens (primary N) is 1. The highest BCUT2D eigenvalue weighted by molar-refractivity contribution is 7.11. The fraction of sp³-hybridized carbons (Fsp3) is 0.636. The van der Waals surface area contributed by atoms with Gasteiger partial charge in [-0.15, -0.1) is 0 Å². The van der Waals surface area contributed by atoms with Crippen LogP contribution < -0.4 is 15.8 Å². The van der Waals surface area contributed by atoms with Gasteiger partial charge in [-0.25, -0.2) is 0 Å². The smallest absolute Gasteiger partial charge is 0.224 e. The van der Waals surface area contributed by atoms with E-state index >= 15 is 0 Å². The van der Waals surface area contributed by atoms with Crippen molar-refractivity contribution in [2.24, 2.45) is 0 Å². The molecule has 0 unspecified atom stereocenters. The lowest BCUT2D eigenvalue weighted by atomic mass is 10.3. The van der Waals surface area contributed by atoms with Crippen LogP contribution in [0.2, 0.25) is 0 Å². The zero-order valence-corrected chi connectivity index (χ0v) is 11.3. The van der Waals surface area contributed by atoms with Gasteiger partial charge in [-0.3, -0.25) is 4.79 Å². The van der Waals surface area contributed by atoms with Crippen LogP contribution >= 0.6 is 11.5 Å². The molecule has 0 atom stereocenters. The van der Waals surface area contributed by atoms with Crippen LogP contribution in [0.3, 0.4) is 0 Å². The molecule has 7 heteroatoms. The molecule has 1 aliphatic heterocycles. The highest BCUT2D eigenvalue weighted by Crippen LogP contribution is 2.34. The molecule has 100 valence electrons. The molecule has 3 N–H and O–H groups in total. The number of anilines is 2. The van der Waals surface area contributed by atoms with E-state index in [2.05, 4.69) is 9.69 Å². The number of ether oxygens (including phenoxy) is 1. The van der Waals surface area contributed by atoms with Gasteiger partial charge < -0.3 is 20.7 Å². The van der Waals surface area contributed by atoms with Crippen LogP contribution in [0, 0.1) is 0 Å². The molecule has 2 rings (SSSR count).